The van der Waals surface area contributed by atoms with Crippen molar-refractivity contribution in [3.05, 3.63) is 103 Å². The van der Waals surface area contributed by atoms with E-state index in [1.54, 1.807) is 6.20 Å². The Balaban J connectivity index is 1.05. The van der Waals surface area contributed by atoms with Crippen molar-refractivity contribution in [3.8, 4) is 28.5 Å². The minimum Gasteiger partial charge on any atom is -0.338 e. The molecule has 0 unspecified atom stereocenters. The Morgan fingerprint density at radius 2 is 1.69 bits per heavy atom. The maximum Gasteiger partial charge on any atom is 0.240 e. The lowest BCUT2D eigenvalue weighted by Gasteiger charge is -2.32. The van der Waals surface area contributed by atoms with Crippen molar-refractivity contribution in [1.82, 2.24) is 29.4 Å². The number of benzene rings is 3. The molecule has 11 heteroatoms. The number of nitrogens with zero attached hydrogens (tertiary/aromatic N) is 5. The van der Waals surface area contributed by atoms with Gasteiger partial charge in [0, 0.05) is 43.0 Å². The average Bonchev–Trinajstić information content (AvgIpc) is 3.38. The number of rotatable bonds is 6. The zero-order valence-electron chi connectivity index (χ0n) is 22.6. The van der Waals surface area contributed by atoms with Gasteiger partial charge in [-0.2, -0.15) is 0 Å². The van der Waals surface area contributed by atoms with Gasteiger partial charge < -0.3 is 5.32 Å². The van der Waals surface area contributed by atoms with Crippen LogP contribution >= 0.6 is 0 Å². The molecule has 0 saturated carbocycles. The van der Waals surface area contributed by atoms with Crippen LogP contribution in [0.5, 0.6) is 0 Å². The van der Waals surface area contributed by atoms with Crippen LogP contribution in [-0.2, 0) is 16.6 Å². The molecule has 212 valence electrons. The molecule has 0 amide bonds. The predicted molar refractivity (Wildman–Crippen MR) is 158 cm³/mol. The van der Waals surface area contributed by atoms with Crippen molar-refractivity contribution in [2.45, 2.75) is 30.3 Å². The highest BCUT2D eigenvalue weighted by Crippen LogP contribution is 2.39. The summed E-state index contributed by atoms with van der Waals surface area (Å²) in [6.07, 6.45) is 3.13. The van der Waals surface area contributed by atoms with Gasteiger partial charge in [0.2, 0.25) is 10.0 Å². The normalized spacial score (nSPS) is 15.3. The summed E-state index contributed by atoms with van der Waals surface area (Å²) in [6, 6.07) is 25.1. The van der Waals surface area contributed by atoms with Gasteiger partial charge in [-0.3, -0.25) is 9.47 Å². The van der Waals surface area contributed by atoms with Gasteiger partial charge in [-0.25, -0.2) is 22.5 Å². The summed E-state index contributed by atoms with van der Waals surface area (Å²) in [5.41, 5.74) is 4.85. The summed E-state index contributed by atoms with van der Waals surface area (Å²) >= 11 is 0. The van der Waals surface area contributed by atoms with E-state index in [-0.39, 0.29) is 10.9 Å². The average molecular weight is 582 g/mol. The lowest BCUT2D eigenvalue weighted by atomic mass is 10.0. The Morgan fingerprint density at radius 3 is 2.50 bits per heavy atom. The molecule has 0 atom stereocenters. The van der Waals surface area contributed by atoms with E-state index in [1.165, 1.54) is 18.2 Å². The number of likely N-dealkylation sites (tertiary alicyclic amines) is 1. The molecular weight excluding hydrogens is 553 g/mol. The molecule has 2 N–H and O–H groups in total. The molecule has 4 heterocycles. The number of para-hydroxylation sites is 1. The molecule has 0 spiro atoms. The van der Waals surface area contributed by atoms with Crippen LogP contribution in [0.4, 0.5) is 15.9 Å². The molecule has 9 nitrogen and oxygen atoms in total. The van der Waals surface area contributed by atoms with Crippen LogP contribution < -0.4 is 10.0 Å². The molecule has 3 aromatic carbocycles. The number of piperidine rings is 1. The van der Waals surface area contributed by atoms with E-state index in [0.29, 0.717) is 12.8 Å². The van der Waals surface area contributed by atoms with Gasteiger partial charge in [0.15, 0.2) is 17.5 Å². The maximum atomic E-state index is 13.5. The molecular formula is C31H28FN7O2S. The highest BCUT2D eigenvalue weighted by molar-refractivity contribution is 7.89. The molecule has 7 rings (SSSR count). The fraction of sp³-hybridized carbons (Fsp3) is 0.194. The summed E-state index contributed by atoms with van der Waals surface area (Å²) in [5.74, 6) is 1.65. The van der Waals surface area contributed by atoms with Gasteiger partial charge in [0.25, 0.3) is 0 Å². The second-order valence-electron chi connectivity index (χ2n) is 10.6. The SMILES string of the molecule is O=S(=O)(NC1CCN(Cc2ccc(-c3nnc4n3-c3cccnc3Nc3ccccc3-4)cc2)CC1)c1cccc(F)c1. The molecule has 2 aliphatic rings. The van der Waals surface area contributed by atoms with Crippen molar-refractivity contribution < 1.29 is 12.8 Å². The topological polar surface area (TPSA) is 105 Å². The smallest absolute Gasteiger partial charge is 0.240 e. The van der Waals surface area contributed by atoms with Crippen LogP contribution in [0, 0.1) is 5.82 Å². The Morgan fingerprint density at radius 1 is 0.905 bits per heavy atom. The van der Waals surface area contributed by atoms with Gasteiger partial charge in [0.05, 0.1) is 16.3 Å². The lowest BCUT2D eigenvalue weighted by Crippen LogP contribution is -2.44. The largest absolute Gasteiger partial charge is 0.338 e. The van der Waals surface area contributed by atoms with E-state index < -0.39 is 15.8 Å². The highest BCUT2D eigenvalue weighted by Gasteiger charge is 2.26. The van der Waals surface area contributed by atoms with Gasteiger partial charge in [0.1, 0.15) is 5.82 Å². The molecule has 0 bridgehead atoms. The van der Waals surface area contributed by atoms with E-state index in [4.69, 9.17) is 0 Å². The van der Waals surface area contributed by atoms with Crippen molar-refractivity contribution in [3.63, 3.8) is 0 Å². The summed E-state index contributed by atoms with van der Waals surface area (Å²) in [6.45, 7) is 2.27. The lowest BCUT2D eigenvalue weighted by molar-refractivity contribution is 0.200. The minimum atomic E-state index is -3.76. The van der Waals surface area contributed by atoms with Crippen molar-refractivity contribution in [1.29, 1.82) is 0 Å². The number of hydrogen-bond acceptors (Lipinski definition) is 7. The van der Waals surface area contributed by atoms with Crippen LogP contribution in [0.2, 0.25) is 0 Å². The van der Waals surface area contributed by atoms with Crippen LogP contribution in [0.3, 0.4) is 0 Å². The number of fused-ring (bicyclic) bond motifs is 5. The number of hydrogen-bond donors (Lipinski definition) is 2. The second-order valence-corrected chi connectivity index (χ2v) is 12.3. The van der Waals surface area contributed by atoms with Gasteiger partial charge in [-0.05, 0) is 60.9 Å². The van der Waals surface area contributed by atoms with Crippen molar-refractivity contribution in [2.75, 3.05) is 18.4 Å². The Hall–Kier alpha value is -4.45. The third-order valence-electron chi connectivity index (χ3n) is 7.75. The van der Waals surface area contributed by atoms with E-state index in [9.17, 15) is 12.8 Å². The second kappa shape index (κ2) is 10.8. The zero-order valence-corrected chi connectivity index (χ0v) is 23.4. The number of aromatic nitrogens is 4. The quantitative estimate of drug-likeness (QED) is 0.281. The molecule has 5 aromatic rings. The van der Waals surface area contributed by atoms with Crippen LogP contribution in [0.15, 0.2) is 96.0 Å². The van der Waals surface area contributed by atoms with Crippen molar-refractivity contribution in [2.24, 2.45) is 0 Å². The van der Waals surface area contributed by atoms with E-state index in [1.807, 2.05) is 41.0 Å². The third-order valence-corrected chi connectivity index (χ3v) is 9.26. The number of pyridine rings is 1. The number of nitrogens with one attached hydrogen (secondary N) is 2. The monoisotopic (exact) mass is 581 g/mol. The summed E-state index contributed by atoms with van der Waals surface area (Å²) in [5, 5.41) is 12.6. The third kappa shape index (κ3) is 5.06. The molecule has 1 fully saturated rings. The zero-order chi connectivity index (χ0) is 28.7. The van der Waals surface area contributed by atoms with Crippen LogP contribution in [-0.4, -0.2) is 52.2 Å². The fourth-order valence-electron chi connectivity index (χ4n) is 5.61. The molecule has 0 aliphatic carbocycles. The number of sulfonamides is 1. The Kier molecular flexibility index (Phi) is 6.77. The Labute approximate surface area is 243 Å². The fourth-order valence-corrected chi connectivity index (χ4v) is 6.95. The molecule has 2 aliphatic heterocycles. The molecule has 1 saturated heterocycles. The van der Waals surface area contributed by atoms with E-state index in [0.717, 1.165) is 71.2 Å². The first-order chi connectivity index (χ1) is 20.4. The molecule has 0 radical (unpaired) electrons. The van der Waals surface area contributed by atoms with Crippen LogP contribution in [0.25, 0.3) is 28.5 Å². The Bertz CT molecular complexity index is 1870. The minimum absolute atomic E-state index is 0.0465. The first kappa shape index (κ1) is 26.4. The predicted octanol–water partition coefficient (Wildman–Crippen LogP) is 5.14. The van der Waals surface area contributed by atoms with Crippen molar-refractivity contribution >= 4 is 21.5 Å². The highest BCUT2D eigenvalue weighted by atomic mass is 32.2. The molecule has 2 aromatic heterocycles. The van der Waals surface area contributed by atoms with E-state index in [2.05, 4.69) is 54.4 Å². The van der Waals surface area contributed by atoms with Crippen LogP contribution in [0.1, 0.15) is 18.4 Å². The summed E-state index contributed by atoms with van der Waals surface area (Å²) in [4.78, 5) is 6.84. The number of halogens is 1. The van der Waals surface area contributed by atoms with E-state index >= 15 is 0 Å². The summed E-state index contributed by atoms with van der Waals surface area (Å²) in [7, 11) is -3.76. The first-order valence-corrected chi connectivity index (χ1v) is 15.3. The van der Waals surface area contributed by atoms with Gasteiger partial charge in [-0.15, -0.1) is 10.2 Å². The molecule has 42 heavy (non-hydrogen) atoms. The standard InChI is InChI=1S/C31H28FN7O2S/c32-23-5-3-6-25(19-23)42(40,41)37-24-14-17-38(18-15-24)20-21-10-12-22(13-11-21)30-35-36-31-26-7-1-2-8-27(26)34-29-28(39(30)31)9-4-16-33-29/h1-13,16,19,24,37H,14-15,17-18,20H2,(H,33,34). The number of anilines is 2. The van der Waals surface area contributed by atoms with Gasteiger partial charge in [-0.1, -0.05) is 42.5 Å². The maximum absolute atomic E-state index is 13.5. The summed E-state index contributed by atoms with van der Waals surface area (Å²) < 4.78 is 43.7. The first-order valence-electron chi connectivity index (χ1n) is 13.8. The van der Waals surface area contributed by atoms with Gasteiger partial charge >= 0.3 is 0 Å².